The Kier molecular flexibility index (Phi) is 4.47. The summed E-state index contributed by atoms with van der Waals surface area (Å²) < 4.78 is 0. The van der Waals surface area contributed by atoms with Gasteiger partial charge in [0.1, 0.15) is 11.3 Å². The predicted molar refractivity (Wildman–Crippen MR) is 109 cm³/mol. The van der Waals surface area contributed by atoms with Gasteiger partial charge in [-0.3, -0.25) is 9.97 Å². The van der Waals surface area contributed by atoms with E-state index in [0.29, 0.717) is 5.52 Å². The molecule has 1 atom stereocenters. The third-order valence-electron chi connectivity index (χ3n) is 5.01. The Balaban J connectivity index is 1.86. The number of pyridine rings is 2. The largest absolute Gasteiger partial charge is 0.505 e. The van der Waals surface area contributed by atoms with Crippen molar-refractivity contribution in [3.8, 4) is 5.75 Å². The average molecular weight is 355 g/mol. The van der Waals surface area contributed by atoms with Gasteiger partial charge in [-0.2, -0.15) is 0 Å². The number of anilines is 1. The molecule has 4 nitrogen and oxygen atoms in total. The first-order valence-corrected chi connectivity index (χ1v) is 8.94. The summed E-state index contributed by atoms with van der Waals surface area (Å²) in [7, 11) is 0. The van der Waals surface area contributed by atoms with Crippen LogP contribution in [0.4, 0.5) is 5.69 Å². The fraction of sp³-hybridized carbons (Fsp3) is 0.130. The van der Waals surface area contributed by atoms with Gasteiger partial charge in [0.15, 0.2) is 0 Å². The van der Waals surface area contributed by atoms with Crippen LogP contribution in [0.25, 0.3) is 10.9 Å². The number of nitrogens with one attached hydrogen (secondary N) is 1. The molecule has 0 aliphatic rings. The summed E-state index contributed by atoms with van der Waals surface area (Å²) in [6.45, 7) is 4.19. The molecule has 0 radical (unpaired) electrons. The van der Waals surface area contributed by atoms with Crippen LogP contribution in [0.15, 0.2) is 73.2 Å². The first-order chi connectivity index (χ1) is 13.1. The molecule has 4 aromatic rings. The quantitative estimate of drug-likeness (QED) is 0.531. The number of fused-ring (bicyclic) bond motifs is 1. The van der Waals surface area contributed by atoms with Crippen LogP contribution < -0.4 is 5.32 Å². The van der Waals surface area contributed by atoms with Gasteiger partial charge in [0.2, 0.25) is 0 Å². The van der Waals surface area contributed by atoms with Gasteiger partial charge in [-0.25, -0.2) is 0 Å². The fourth-order valence-electron chi connectivity index (χ4n) is 3.33. The molecule has 0 spiro atoms. The zero-order chi connectivity index (χ0) is 18.8. The minimum atomic E-state index is -0.245. The van der Waals surface area contributed by atoms with Gasteiger partial charge in [0.25, 0.3) is 0 Å². The van der Waals surface area contributed by atoms with E-state index in [9.17, 15) is 5.11 Å². The van der Waals surface area contributed by atoms with Crippen molar-refractivity contribution in [2.75, 3.05) is 5.32 Å². The summed E-state index contributed by atoms with van der Waals surface area (Å²) in [6, 6.07) is 17.6. The number of rotatable bonds is 4. The maximum Gasteiger partial charge on any atom is 0.147 e. The SMILES string of the molecule is Cc1cccc(NC(c2cccnc2)c2ccc3cccnc3c2O)c1C. The van der Waals surface area contributed by atoms with Gasteiger partial charge in [0, 0.05) is 35.2 Å². The van der Waals surface area contributed by atoms with E-state index in [-0.39, 0.29) is 11.8 Å². The Labute approximate surface area is 158 Å². The second-order valence-corrected chi connectivity index (χ2v) is 6.69. The molecular weight excluding hydrogens is 334 g/mol. The highest BCUT2D eigenvalue weighted by Gasteiger charge is 2.20. The average Bonchev–Trinajstić information content (AvgIpc) is 2.71. The molecule has 2 N–H and O–H groups in total. The Hall–Kier alpha value is -3.40. The molecule has 2 aromatic heterocycles. The Bertz CT molecular complexity index is 1090. The fourth-order valence-corrected chi connectivity index (χ4v) is 3.33. The number of phenolic OH excluding ortho intramolecular Hbond substituents is 1. The lowest BCUT2D eigenvalue weighted by Gasteiger charge is -2.23. The lowest BCUT2D eigenvalue weighted by molar-refractivity contribution is 0.471. The van der Waals surface area contributed by atoms with Crippen molar-refractivity contribution in [3.63, 3.8) is 0 Å². The van der Waals surface area contributed by atoms with Gasteiger partial charge in [-0.15, -0.1) is 0 Å². The first kappa shape index (κ1) is 17.0. The lowest BCUT2D eigenvalue weighted by atomic mass is 9.96. The van der Waals surface area contributed by atoms with E-state index in [1.807, 2.05) is 48.7 Å². The van der Waals surface area contributed by atoms with Crippen molar-refractivity contribution < 1.29 is 5.11 Å². The summed E-state index contributed by atoms with van der Waals surface area (Å²) >= 11 is 0. The van der Waals surface area contributed by atoms with Gasteiger partial charge < -0.3 is 10.4 Å². The molecule has 0 aliphatic heterocycles. The normalized spacial score (nSPS) is 12.1. The van der Waals surface area contributed by atoms with E-state index < -0.39 is 0 Å². The molecule has 4 rings (SSSR count). The van der Waals surface area contributed by atoms with E-state index in [1.54, 1.807) is 12.4 Å². The Morgan fingerprint density at radius 3 is 2.59 bits per heavy atom. The maximum atomic E-state index is 11.0. The standard InChI is InChI=1S/C23H21N3O/c1-15-6-3-9-20(16(15)2)26-21(18-8-4-12-24-14-18)19-11-10-17-7-5-13-25-22(17)23(19)27/h3-14,21,26-27H,1-2H3. The van der Waals surface area contributed by atoms with Crippen molar-refractivity contribution >= 4 is 16.6 Å². The topological polar surface area (TPSA) is 58.0 Å². The highest BCUT2D eigenvalue weighted by Crippen LogP contribution is 2.36. The molecule has 2 aromatic carbocycles. The highest BCUT2D eigenvalue weighted by molar-refractivity contribution is 5.86. The lowest BCUT2D eigenvalue weighted by Crippen LogP contribution is -2.14. The number of hydrogen-bond acceptors (Lipinski definition) is 4. The summed E-state index contributed by atoms with van der Waals surface area (Å²) in [4.78, 5) is 8.63. The van der Waals surface area contributed by atoms with Gasteiger partial charge in [0.05, 0.1) is 6.04 Å². The number of aryl methyl sites for hydroxylation is 1. The van der Waals surface area contributed by atoms with E-state index >= 15 is 0 Å². The monoisotopic (exact) mass is 355 g/mol. The van der Waals surface area contributed by atoms with Crippen LogP contribution in [0.1, 0.15) is 28.3 Å². The van der Waals surface area contributed by atoms with Crippen LogP contribution in [-0.2, 0) is 0 Å². The van der Waals surface area contributed by atoms with Crippen LogP contribution >= 0.6 is 0 Å². The van der Waals surface area contributed by atoms with E-state index in [2.05, 4.69) is 41.3 Å². The smallest absolute Gasteiger partial charge is 0.147 e. The molecule has 0 bridgehead atoms. The molecule has 134 valence electrons. The number of benzene rings is 2. The summed E-state index contributed by atoms with van der Waals surface area (Å²) in [5.74, 6) is 0.194. The third-order valence-corrected chi connectivity index (χ3v) is 5.01. The zero-order valence-corrected chi connectivity index (χ0v) is 15.3. The summed E-state index contributed by atoms with van der Waals surface area (Å²) in [6.07, 6.45) is 5.27. The van der Waals surface area contributed by atoms with Gasteiger partial charge in [-0.05, 0) is 48.7 Å². The van der Waals surface area contributed by atoms with Crippen molar-refractivity contribution in [1.82, 2.24) is 9.97 Å². The molecule has 0 saturated carbocycles. The molecule has 1 unspecified atom stereocenters. The molecule has 0 saturated heterocycles. The zero-order valence-electron chi connectivity index (χ0n) is 15.3. The van der Waals surface area contributed by atoms with Gasteiger partial charge >= 0.3 is 0 Å². The molecule has 0 fully saturated rings. The van der Waals surface area contributed by atoms with E-state index in [1.165, 1.54) is 11.1 Å². The van der Waals surface area contributed by atoms with Crippen molar-refractivity contribution in [1.29, 1.82) is 0 Å². The number of aromatic nitrogens is 2. The Morgan fingerprint density at radius 1 is 0.926 bits per heavy atom. The summed E-state index contributed by atoms with van der Waals surface area (Å²) in [5.41, 5.74) is 5.79. The van der Waals surface area contributed by atoms with Crippen molar-refractivity contribution in [2.24, 2.45) is 0 Å². The number of aromatic hydroxyl groups is 1. The van der Waals surface area contributed by atoms with E-state index in [4.69, 9.17) is 0 Å². The second kappa shape index (κ2) is 7.08. The first-order valence-electron chi connectivity index (χ1n) is 8.94. The van der Waals surface area contributed by atoms with Crippen LogP contribution in [0.5, 0.6) is 5.75 Å². The van der Waals surface area contributed by atoms with Crippen molar-refractivity contribution in [2.45, 2.75) is 19.9 Å². The van der Waals surface area contributed by atoms with Crippen LogP contribution in [0.3, 0.4) is 0 Å². The molecular formula is C23H21N3O. The van der Waals surface area contributed by atoms with Crippen LogP contribution in [0.2, 0.25) is 0 Å². The molecule has 27 heavy (non-hydrogen) atoms. The second-order valence-electron chi connectivity index (χ2n) is 6.69. The highest BCUT2D eigenvalue weighted by atomic mass is 16.3. The molecule has 2 heterocycles. The Morgan fingerprint density at radius 2 is 1.78 bits per heavy atom. The molecule has 0 amide bonds. The van der Waals surface area contributed by atoms with Gasteiger partial charge in [-0.1, -0.05) is 36.4 Å². The molecule has 4 heteroatoms. The number of nitrogens with zero attached hydrogens (tertiary/aromatic N) is 2. The minimum Gasteiger partial charge on any atom is -0.505 e. The summed E-state index contributed by atoms with van der Waals surface area (Å²) in [5, 5.41) is 15.5. The molecule has 0 aliphatic carbocycles. The van der Waals surface area contributed by atoms with Crippen LogP contribution in [-0.4, -0.2) is 15.1 Å². The minimum absolute atomic E-state index is 0.194. The number of hydrogen-bond donors (Lipinski definition) is 2. The van der Waals surface area contributed by atoms with Crippen molar-refractivity contribution in [3.05, 3.63) is 95.4 Å². The third kappa shape index (κ3) is 3.22. The predicted octanol–water partition coefficient (Wildman–Crippen LogP) is 5.15. The van der Waals surface area contributed by atoms with Crippen LogP contribution in [0, 0.1) is 13.8 Å². The maximum absolute atomic E-state index is 11.0. The number of phenols is 1. The van der Waals surface area contributed by atoms with E-state index in [0.717, 1.165) is 22.2 Å².